The fourth-order valence-electron chi connectivity index (χ4n) is 2.00. The molecule has 0 aliphatic rings. The van der Waals surface area contributed by atoms with Crippen LogP contribution in [-0.4, -0.2) is 12.2 Å². The Morgan fingerprint density at radius 2 is 1.89 bits per heavy atom. The van der Waals surface area contributed by atoms with Gasteiger partial charge in [-0.3, -0.25) is 0 Å². The summed E-state index contributed by atoms with van der Waals surface area (Å²) in [5.74, 6) is 0.869. The monoisotopic (exact) mass is 276 g/mol. The van der Waals surface area contributed by atoms with E-state index in [9.17, 15) is 5.11 Å². The maximum Gasteiger partial charge on any atom is 0.118 e. The zero-order chi connectivity index (χ0) is 13.8. The van der Waals surface area contributed by atoms with Crippen molar-refractivity contribution in [2.75, 3.05) is 7.11 Å². The van der Waals surface area contributed by atoms with Gasteiger partial charge >= 0.3 is 0 Å². The van der Waals surface area contributed by atoms with Crippen molar-refractivity contribution in [2.24, 2.45) is 0 Å². The van der Waals surface area contributed by atoms with Crippen molar-refractivity contribution in [2.45, 2.75) is 32.8 Å². The first-order chi connectivity index (χ1) is 9.10. The number of hydrogen-bond donors (Lipinski definition) is 1. The van der Waals surface area contributed by atoms with Gasteiger partial charge in [-0.25, -0.2) is 0 Å². The molecule has 0 amide bonds. The Balaban J connectivity index is 1.94. The van der Waals surface area contributed by atoms with Crippen LogP contribution in [0.25, 0.3) is 0 Å². The average Bonchev–Trinajstić information content (AvgIpc) is 2.77. The van der Waals surface area contributed by atoms with Gasteiger partial charge in [0.25, 0.3) is 0 Å². The zero-order valence-electron chi connectivity index (χ0n) is 11.6. The van der Waals surface area contributed by atoms with E-state index in [1.807, 2.05) is 12.1 Å². The smallest absolute Gasteiger partial charge is 0.118 e. The molecule has 0 fully saturated rings. The highest BCUT2D eigenvalue weighted by Gasteiger charge is 2.11. The van der Waals surface area contributed by atoms with Crippen LogP contribution in [0.4, 0.5) is 0 Å². The molecular formula is C16H20O2S. The highest BCUT2D eigenvalue weighted by molar-refractivity contribution is 7.12. The van der Waals surface area contributed by atoms with Gasteiger partial charge < -0.3 is 9.84 Å². The van der Waals surface area contributed by atoms with Crippen LogP contribution in [0, 0.1) is 13.8 Å². The predicted molar refractivity (Wildman–Crippen MR) is 80.1 cm³/mol. The largest absolute Gasteiger partial charge is 0.497 e. The number of ether oxygens (including phenoxy) is 1. The molecule has 1 atom stereocenters. The third kappa shape index (κ3) is 3.58. The van der Waals surface area contributed by atoms with Crippen molar-refractivity contribution < 1.29 is 9.84 Å². The highest BCUT2D eigenvalue weighted by Crippen LogP contribution is 2.29. The third-order valence-electron chi connectivity index (χ3n) is 3.38. The Kier molecular flexibility index (Phi) is 4.61. The molecule has 0 radical (unpaired) electrons. The van der Waals surface area contributed by atoms with Crippen molar-refractivity contribution in [1.82, 2.24) is 0 Å². The Labute approximate surface area is 118 Å². The van der Waals surface area contributed by atoms with Gasteiger partial charge in [0.15, 0.2) is 0 Å². The van der Waals surface area contributed by atoms with E-state index in [2.05, 4.69) is 32.0 Å². The number of rotatable bonds is 5. The van der Waals surface area contributed by atoms with Crippen molar-refractivity contribution in [3.05, 3.63) is 51.2 Å². The SMILES string of the molecule is COc1ccc(CCC(O)c2cc(C)c(C)s2)cc1. The fourth-order valence-corrected chi connectivity index (χ4v) is 3.07. The average molecular weight is 276 g/mol. The summed E-state index contributed by atoms with van der Waals surface area (Å²) in [6, 6.07) is 10.1. The summed E-state index contributed by atoms with van der Waals surface area (Å²) in [5.41, 5.74) is 2.49. The molecule has 0 saturated heterocycles. The van der Waals surface area contributed by atoms with Crippen molar-refractivity contribution in [1.29, 1.82) is 0 Å². The van der Waals surface area contributed by atoms with Crippen LogP contribution < -0.4 is 4.74 Å². The van der Waals surface area contributed by atoms with Gasteiger partial charge in [0, 0.05) is 9.75 Å². The molecule has 3 heteroatoms. The van der Waals surface area contributed by atoms with Crippen molar-refractivity contribution >= 4 is 11.3 Å². The first kappa shape index (κ1) is 14.1. The molecule has 0 saturated carbocycles. The molecule has 2 nitrogen and oxygen atoms in total. The van der Waals surface area contributed by atoms with Gasteiger partial charge in [0.2, 0.25) is 0 Å². The molecule has 0 aliphatic heterocycles. The molecule has 1 aromatic carbocycles. The summed E-state index contributed by atoms with van der Waals surface area (Å²) in [4.78, 5) is 2.36. The molecule has 0 aliphatic carbocycles. The number of methoxy groups -OCH3 is 1. The second-order valence-corrected chi connectivity index (χ2v) is 6.08. The predicted octanol–water partition coefficient (Wildman–Crippen LogP) is 4.04. The van der Waals surface area contributed by atoms with E-state index < -0.39 is 0 Å². The molecule has 19 heavy (non-hydrogen) atoms. The van der Waals surface area contributed by atoms with Gasteiger partial charge in [-0.05, 0) is 56.0 Å². The van der Waals surface area contributed by atoms with Gasteiger partial charge in [0.1, 0.15) is 5.75 Å². The van der Waals surface area contributed by atoms with Crippen molar-refractivity contribution in [3.63, 3.8) is 0 Å². The molecule has 1 N–H and O–H groups in total. The number of thiophene rings is 1. The normalized spacial score (nSPS) is 12.4. The van der Waals surface area contributed by atoms with Crippen LogP contribution in [-0.2, 0) is 6.42 Å². The molecule has 1 heterocycles. The minimum absolute atomic E-state index is 0.362. The summed E-state index contributed by atoms with van der Waals surface area (Å²) in [7, 11) is 1.67. The molecule has 102 valence electrons. The van der Waals surface area contributed by atoms with Crippen LogP contribution in [0.15, 0.2) is 30.3 Å². The van der Waals surface area contributed by atoms with E-state index in [4.69, 9.17) is 4.74 Å². The minimum atomic E-state index is -0.362. The number of aliphatic hydroxyl groups is 1. The Morgan fingerprint density at radius 1 is 1.21 bits per heavy atom. The quantitative estimate of drug-likeness (QED) is 0.893. The summed E-state index contributed by atoms with van der Waals surface area (Å²) in [6.45, 7) is 4.19. The van der Waals surface area contributed by atoms with E-state index >= 15 is 0 Å². The molecule has 2 aromatic rings. The standard InChI is InChI=1S/C16H20O2S/c1-11-10-16(19-12(11)2)15(17)9-6-13-4-7-14(18-3)8-5-13/h4-5,7-8,10,15,17H,6,9H2,1-3H3. The highest BCUT2D eigenvalue weighted by atomic mass is 32.1. The topological polar surface area (TPSA) is 29.5 Å². The lowest BCUT2D eigenvalue weighted by Gasteiger charge is -2.08. The number of hydrogen-bond acceptors (Lipinski definition) is 3. The summed E-state index contributed by atoms with van der Waals surface area (Å²) in [5, 5.41) is 10.2. The lowest BCUT2D eigenvalue weighted by Crippen LogP contribution is -1.97. The molecular weight excluding hydrogens is 256 g/mol. The van der Waals surface area contributed by atoms with E-state index in [1.165, 1.54) is 16.0 Å². The van der Waals surface area contributed by atoms with Gasteiger partial charge in [-0.2, -0.15) is 0 Å². The van der Waals surface area contributed by atoms with E-state index in [1.54, 1.807) is 18.4 Å². The Hall–Kier alpha value is -1.32. The lowest BCUT2D eigenvalue weighted by atomic mass is 10.1. The van der Waals surface area contributed by atoms with Crippen LogP contribution in [0.5, 0.6) is 5.75 Å². The fraction of sp³-hybridized carbons (Fsp3) is 0.375. The summed E-state index contributed by atoms with van der Waals surface area (Å²) >= 11 is 1.69. The van der Waals surface area contributed by atoms with Crippen LogP contribution in [0.2, 0.25) is 0 Å². The summed E-state index contributed by atoms with van der Waals surface area (Å²) < 4.78 is 5.13. The second-order valence-electron chi connectivity index (χ2n) is 4.79. The van der Waals surface area contributed by atoms with E-state index in [0.29, 0.717) is 0 Å². The summed E-state index contributed by atoms with van der Waals surface area (Å²) in [6.07, 6.45) is 1.27. The minimum Gasteiger partial charge on any atom is -0.497 e. The second kappa shape index (κ2) is 6.22. The van der Waals surface area contributed by atoms with Crippen LogP contribution in [0.1, 0.15) is 33.4 Å². The maximum absolute atomic E-state index is 10.2. The van der Waals surface area contributed by atoms with Gasteiger partial charge in [0.05, 0.1) is 13.2 Å². The molecule has 0 bridgehead atoms. The molecule has 0 spiro atoms. The zero-order valence-corrected chi connectivity index (χ0v) is 12.5. The first-order valence-corrected chi connectivity index (χ1v) is 7.29. The Bertz CT molecular complexity index is 509. The number of aliphatic hydroxyl groups excluding tert-OH is 1. The van der Waals surface area contributed by atoms with Crippen LogP contribution in [0.3, 0.4) is 0 Å². The number of aryl methyl sites for hydroxylation is 3. The van der Waals surface area contributed by atoms with Crippen LogP contribution >= 0.6 is 11.3 Å². The van der Waals surface area contributed by atoms with Gasteiger partial charge in [-0.15, -0.1) is 11.3 Å². The lowest BCUT2D eigenvalue weighted by molar-refractivity contribution is 0.171. The third-order valence-corrected chi connectivity index (χ3v) is 4.63. The molecule has 2 rings (SSSR count). The molecule has 1 aromatic heterocycles. The maximum atomic E-state index is 10.2. The van der Waals surface area contributed by atoms with Crippen molar-refractivity contribution in [3.8, 4) is 5.75 Å². The van der Waals surface area contributed by atoms with E-state index in [0.717, 1.165) is 23.5 Å². The molecule has 1 unspecified atom stereocenters. The number of benzene rings is 1. The van der Waals surface area contributed by atoms with Gasteiger partial charge in [-0.1, -0.05) is 12.1 Å². The van der Waals surface area contributed by atoms with E-state index in [-0.39, 0.29) is 6.10 Å². The first-order valence-electron chi connectivity index (χ1n) is 6.48. The Morgan fingerprint density at radius 3 is 2.42 bits per heavy atom.